The van der Waals surface area contributed by atoms with Crippen LogP contribution in [0.15, 0.2) is 60.7 Å². The van der Waals surface area contributed by atoms with E-state index in [2.05, 4.69) is 31.9 Å². The maximum atomic E-state index is 11.8. The van der Waals surface area contributed by atoms with E-state index >= 15 is 0 Å². The lowest BCUT2D eigenvalue weighted by atomic mass is 10.2. The van der Waals surface area contributed by atoms with Crippen LogP contribution >= 0.6 is 24.8 Å². The molecule has 0 aliphatic carbocycles. The molecule has 0 heterocycles. The minimum Gasteiger partial charge on any atom is -0.338 e. The van der Waals surface area contributed by atoms with Crippen LogP contribution in [0.1, 0.15) is 36.8 Å². The maximum Gasteiger partial charge on any atom is 0.315 e. The van der Waals surface area contributed by atoms with Gasteiger partial charge >= 0.3 is 12.1 Å². The van der Waals surface area contributed by atoms with Crippen LogP contribution in [0, 0.1) is 0 Å². The Labute approximate surface area is 228 Å². The molecule has 0 atom stereocenters. The van der Waals surface area contributed by atoms with Gasteiger partial charge in [-0.05, 0) is 63.0 Å². The summed E-state index contributed by atoms with van der Waals surface area (Å²) in [6, 6.07) is 19.5. The third-order valence-corrected chi connectivity index (χ3v) is 5.18. The fraction of sp³-hybridized carbons (Fsp3) is 0.462. The Morgan fingerprint density at radius 2 is 0.833 bits per heavy atom. The number of unbranched alkanes of at least 4 members (excludes halogenated alkanes) is 1. The molecular formula is C26H42Cl2N6O2. The quantitative estimate of drug-likeness (QED) is 0.172. The van der Waals surface area contributed by atoms with Crippen molar-refractivity contribution >= 4 is 36.9 Å². The van der Waals surface area contributed by atoms with E-state index in [1.54, 1.807) is 0 Å². The Morgan fingerprint density at radius 1 is 0.472 bits per heavy atom. The number of nitrogens with one attached hydrogen (secondary N) is 6. The van der Waals surface area contributed by atoms with E-state index in [1.165, 1.54) is 0 Å². The molecule has 2 aromatic rings. The summed E-state index contributed by atoms with van der Waals surface area (Å²) in [5.41, 5.74) is 2.18. The summed E-state index contributed by atoms with van der Waals surface area (Å²) in [6.45, 7) is 6.14. The van der Waals surface area contributed by atoms with E-state index in [1.807, 2.05) is 60.7 Å². The highest BCUT2D eigenvalue weighted by Gasteiger charge is 2.00. The molecule has 8 nitrogen and oxygen atoms in total. The van der Waals surface area contributed by atoms with E-state index < -0.39 is 0 Å². The number of urea groups is 2. The van der Waals surface area contributed by atoms with Gasteiger partial charge in [-0.2, -0.15) is 0 Å². The van der Waals surface area contributed by atoms with E-state index in [4.69, 9.17) is 0 Å². The smallest absolute Gasteiger partial charge is 0.315 e. The van der Waals surface area contributed by atoms with Crippen LogP contribution in [0.5, 0.6) is 0 Å². The SMILES string of the molecule is Cl.Cl.O=C(NCCCNCCCCNCCCNC(=O)NCc1ccccc1)NCc1ccccc1. The fourth-order valence-corrected chi connectivity index (χ4v) is 3.26. The van der Waals surface area contributed by atoms with Gasteiger partial charge in [-0.1, -0.05) is 60.7 Å². The Morgan fingerprint density at radius 3 is 1.22 bits per heavy atom. The predicted octanol–water partition coefficient (Wildman–Crippen LogP) is 3.57. The molecule has 0 bridgehead atoms. The minimum absolute atomic E-state index is 0. The van der Waals surface area contributed by atoms with Gasteiger partial charge in [-0.25, -0.2) is 9.59 Å². The molecule has 0 aromatic heterocycles. The first-order valence-corrected chi connectivity index (χ1v) is 12.3. The monoisotopic (exact) mass is 540 g/mol. The molecule has 10 heteroatoms. The van der Waals surface area contributed by atoms with E-state index in [9.17, 15) is 9.59 Å². The number of rotatable bonds is 17. The zero-order valence-corrected chi connectivity index (χ0v) is 22.5. The molecule has 4 amide bonds. The lowest BCUT2D eigenvalue weighted by Crippen LogP contribution is -2.36. The molecule has 0 radical (unpaired) electrons. The number of amides is 4. The van der Waals surface area contributed by atoms with Crippen LogP contribution in [-0.4, -0.2) is 51.3 Å². The van der Waals surface area contributed by atoms with Gasteiger partial charge in [0, 0.05) is 26.2 Å². The van der Waals surface area contributed by atoms with Crippen molar-refractivity contribution in [3.05, 3.63) is 71.8 Å². The number of hydrogen-bond donors (Lipinski definition) is 6. The Bertz CT molecular complexity index is 732. The molecule has 0 fully saturated rings. The number of halogens is 2. The predicted molar refractivity (Wildman–Crippen MR) is 152 cm³/mol. The summed E-state index contributed by atoms with van der Waals surface area (Å²) in [4.78, 5) is 23.5. The van der Waals surface area contributed by atoms with Gasteiger partial charge in [0.05, 0.1) is 0 Å². The van der Waals surface area contributed by atoms with Crippen molar-refractivity contribution in [2.24, 2.45) is 0 Å². The second kappa shape index (κ2) is 22.9. The summed E-state index contributed by atoms with van der Waals surface area (Å²) < 4.78 is 0. The van der Waals surface area contributed by atoms with Crippen LogP contribution in [-0.2, 0) is 13.1 Å². The van der Waals surface area contributed by atoms with E-state index in [-0.39, 0.29) is 36.9 Å². The van der Waals surface area contributed by atoms with Crippen LogP contribution in [0.25, 0.3) is 0 Å². The average Bonchev–Trinajstić information content (AvgIpc) is 2.87. The topological polar surface area (TPSA) is 106 Å². The van der Waals surface area contributed by atoms with Crippen molar-refractivity contribution in [3.8, 4) is 0 Å². The first kappa shape index (κ1) is 33.5. The molecule has 0 saturated heterocycles. The molecule has 0 unspecified atom stereocenters. The molecule has 2 aromatic carbocycles. The van der Waals surface area contributed by atoms with Crippen molar-refractivity contribution in [1.29, 1.82) is 0 Å². The van der Waals surface area contributed by atoms with Crippen molar-refractivity contribution in [1.82, 2.24) is 31.9 Å². The summed E-state index contributed by atoms with van der Waals surface area (Å²) >= 11 is 0. The number of hydrogen-bond acceptors (Lipinski definition) is 4. The van der Waals surface area contributed by atoms with Gasteiger partial charge in [-0.3, -0.25) is 0 Å². The van der Waals surface area contributed by atoms with E-state index in [0.717, 1.165) is 63.0 Å². The summed E-state index contributed by atoms with van der Waals surface area (Å²) in [5.74, 6) is 0. The Hall–Kier alpha value is -2.52. The lowest BCUT2D eigenvalue weighted by Gasteiger charge is -2.09. The van der Waals surface area contributed by atoms with Crippen LogP contribution in [0.4, 0.5) is 9.59 Å². The first-order valence-electron chi connectivity index (χ1n) is 12.3. The number of carbonyl (C=O) groups is 2. The molecular weight excluding hydrogens is 499 g/mol. The van der Waals surface area contributed by atoms with Crippen LogP contribution in [0.3, 0.4) is 0 Å². The van der Waals surface area contributed by atoms with Gasteiger partial charge in [0.1, 0.15) is 0 Å². The molecule has 202 valence electrons. The maximum absolute atomic E-state index is 11.8. The third-order valence-electron chi connectivity index (χ3n) is 5.18. The molecule has 0 saturated carbocycles. The van der Waals surface area contributed by atoms with Crippen molar-refractivity contribution in [2.45, 2.75) is 38.8 Å². The van der Waals surface area contributed by atoms with Crippen molar-refractivity contribution in [3.63, 3.8) is 0 Å². The second-order valence-electron chi connectivity index (χ2n) is 8.10. The second-order valence-corrected chi connectivity index (χ2v) is 8.10. The normalized spacial score (nSPS) is 9.89. The van der Waals surface area contributed by atoms with Gasteiger partial charge < -0.3 is 31.9 Å². The zero-order chi connectivity index (χ0) is 24.1. The highest BCUT2D eigenvalue weighted by molar-refractivity contribution is 5.85. The third kappa shape index (κ3) is 17.8. The largest absolute Gasteiger partial charge is 0.338 e. The molecule has 36 heavy (non-hydrogen) atoms. The van der Waals surface area contributed by atoms with Gasteiger partial charge in [0.2, 0.25) is 0 Å². The molecule has 2 rings (SSSR count). The Kier molecular flexibility index (Phi) is 21.3. The number of benzene rings is 2. The van der Waals surface area contributed by atoms with Crippen molar-refractivity contribution < 1.29 is 9.59 Å². The van der Waals surface area contributed by atoms with Gasteiger partial charge in [0.15, 0.2) is 0 Å². The summed E-state index contributed by atoms with van der Waals surface area (Å²) in [7, 11) is 0. The highest BCUT2D eigenvalue weighted by atomic mass is 35.5. The van der Waals surface area contributed by atoms with E-state index in [0.29, 0.717) is 26.2 Å². The van der Waals surface area contributed by atoms with Crippen LogP contribution < -0.4 is 31.9 Å². The molecule has 0 spiro atoms. The zero-order valence-electron chi connectivity index (χ0n) is 20.9. The average molecular weight is 542 g/mol. The number of carbonyl (C=O) groups excluding carboxylic acids is 2. The molecule has 0 aliphatic rings. The molecule has 0 aliphatic heterocycles. The summed E-state index contributed by atoms with van der Waals surface area (Å²) in [5, 5.41) is 18.3. The molecule has 6 N–H and O–H groups in total. The van der Waals surface area contributed by atoms with Gasteiger partial charge in [0.25, 0.3) is 0 Å². The van der Waals surface area contributed by atoms with Crippen molar-refractivity contribution in [2.75, 3.05) is 39.3 Å². The van der Waals surface area contributed by atoms with Crippen LogP contribution in [0.2, 0.25) is 0 Å². The first-order chi connectivity index (χ1) is 16.7. The minimum atomic E-state index is -0.127. The Balaban J connectivity index is 0.00000612. The fourth-order valence-electron chi connectivity index (χ4n) is 3.26. The summed E-state index contributed by atoms with van der Waals surface area (Å²) in [6.07, 6.45) is 4.03. The van der Waals surface area contributed by atoms with Gasteiger partial charge in [-0.15, -0.1) is 24.8 Å². The highest BCUT2D eigenvalue weighted by Crippen LogP contribution is 1.97. The standard InChI is InChI=1S/C26H40N6O2.2ClH/c33-25(31-21-23-11-3-1-4-12-23)29-19-9-17-27-15-7-8-16-28-18-10-20-30-26(34)32-22-24-13-5-2-6-14-24;;/h1-6,11-14,27-28H,7-10,15-22H2,(H2,29,31,33)(H2,30,32,34);2*1H. The lowest BCUT2D eigenvalue weighted by molar-refractivity contribution is 0.239.